The number of nitrogens with zero attached hydrogens (tertiary/aromatic N) is 1. The summed E-state index contributed by atoms with van der Waals surface area (Å²) in [5.41, 5.74) is 1.65. The van der Waals surface area contributed by atoms with Crippen molar-refractivity contribution in [3.05, 3.63) is 70.6 Å². The van der Waals surface area contributed by atoms with E-state index in [2.05, 4.69) is 9.97 Å². The highest BCUT2D eigenvalue weighted by Crippen LogP contribution is 2.11. The molecule has 0 saturated carbocycles. The van der Waals surface area contributed by atoms with E-state index in [4.69, 9.17) is 4.74 Å². The summed E-state index contributed by atoms with van der Waals surface area (Å²) < 4.78 is 5.54. The van der Waals surface area contributed by atoms with E-state index >= 15 is 0 Å². The molecule has 0 unspecified atom stereocenters. The number of H-pyrrole nitrogens is 1. The summed E-state index contributed by atoms with van der Waals surface area (Å²) in [4.78, 5) is 19.0. The molecule has 0 atom stereocenters. The van der Waals surface area contributed by atoms with Crippen LogP contribution in [-0.2, 0) is 6.61 Å². The molecule has 94 valence electrons. The van der Waals surface area contributed by atoms with Gasteiger partial charge in [0.15, 0.2) is 0 Å². The van der Waals surface area contributed by atoms with Gasteiger partial charge in [0.1, 0.15) is 18.1 Å². The maximum Gasteiger partial charge on any atom is 0.273 e. The van der Waals surface area contributed by atoms with Crippen molar-refractivity contribution in [3.8, 4) is 5.75 Å². The number of hydrogen-bond acceptors (Lipinski definition) is 3. The zero-order valence-electron chi connectivity index (χ0n) is 10.2. The van der Waals surface area contributed by atoms with Gasteiger partial charge in [0.2, 0.25) is 0 Å². The van der Waals surface area contributed by atoms with Crippen molar-refractivity contribution in [1.82, 2.24) is 9.97 Å². The molecule has 0 spiro atoms. The molecule has 4 nitrogen and oxygen atoms in total. The summed E-state index contributed by atoms with van der Waals surface area (Å²) in [6, 6.07) is 16.8. The van der Waals surface area contributed by atoms with Crippen LogP contribution < -0.4 is 10.3 Å². The molecule has 0 aliphatic heterocycles. The fraction of sp³-hybridized carbons (Fsp3) is 0.0667. The van der Waals surface area contributed by atoms with Crippen LogP contribution in [0.15, 0.2) is 59.4 Å². The number of fused-ring (bicyclic) bond motifs is 1. The van der Waals surface area contributed by atoms with Crippen LogP contribution in [-0.4, -0.2) is 9.97 Å². The molecule has 0 amide bonds. The Morgan fingerprint density at radius 3 is 2.58 bits per heavy atom. The second-order valence-corrected chi connectivity index (χ2v) is 4.13. The quantitative estimate of drug-likeness (QED) is 0.779. The van der Waals surface area contributed by atoms with Gasteiger partial charge in [-0.2, -0.15) is 0 Å². The van der Waals surface area contributed by atoms with E-state index in [1.165, 1.54) is 0 Å². The molecule has 0 radical (unpaired) electrons. The van der Waals surface area contributed by atoms with E-state index in [0.717, 1.165) is 16.8 Å². The van der Waals surface area contributed by atoms with Gasteiger partial charge in [0.25, 0.3) is 5.56 Å². The number of aromatic amines is 1. The van der Waals surface area contributed by atoms with Crippen molar-refractivity contribution in [2.24, 2.45) is 0 Å². The van der Waals surface area contributed by atoms with Crippen molar-refractivity contribution in [1.29, 1.82) is 0 Å². The minimum absolute atomic E-state index is 0.157. The number of para-hydroxylation sites is 3. The summed E-state index contributed by atoms with van der Waals surface area (Å²) in [7, 11) is 0. The predicted molar refractivity (Wildman–Crippen MR) is 73.1 cm³/mol. The highest BCUT2D eigenvalue weighted by molar-refractivity contribution is 5.73. The Bertz CT molecular complexity index is 751. The minimum Gasteiger partial charge on any atom is -0.487 e. The van der Waals surface area contributed by atoms with Gasteiger partial charge < -0.3 is 9.72 Å². The van der Waals surface area contributed by atoms with Gasteiger partial charge in [-0.15, -0.1) is 0 Å². The van der Waals surface area contributed by atoms with Crippen molar-refractivity contribution >= 4 is 11.0 Å². The number of rotatable bonds is 3. The zero-order valence-corrected chi connectivity index (χ0v) is 10.2. The molecular formula is C15H12N2O2. The van der Waals surface area contributed by atoms with Gasteiger partial charge in [-0.1, -0.05) is 30.3 Å². The monoisotopic (exact) mass is 252 g/mol. The molecule has 1 heterocycles. The molecule has 1 N–H and O–H groups in total. The fourth-order valence-electron chi connectivity index (χ4n) is 1.83. The van der Waals surface area contributed by atoms with E-state index in [-0.39, 0.29) is 12.2 Å². The molecular weight excluding hydrogens is 240 g/mol. The average Bonchev–Trinajstić information content (AvgIpc) is 2.46. The lowest BCUT2D eigenvalue weighted by Crippen LogP contribution is -2.17. The van der Waals surface area contributed by atoms with E-state index in [0.29, 0.717) is 5.69 Å². The number of aromatic nitrogens is 2. The van der Waals surface area contributed by atoms with Crippen molar-refractivity contribution in [2.45, 2.75) is 6.61 Å². The SMILES string of the molecule is O=c1[nH]c2ccccc2nc1COc1ccccc1. The first-order valence-electron chi connectivity index (χ1n) is 5.99. The first kappa shape index (κ1) is 11.5. The van der Waals surface area contributed by atoms with Gasteiger partial charge in [-0.3, -0.25) is 4.79 Å². The van der Waals surface area contributed by atoms with E-state index in [9.17, 15) is 4.79 Å². The van der Waals surface area contributed by atoms with Crippen molar-refractivity contribution < 1.29 is 4.74 Å². The van der Waals surface area contributed by atoms with Crippen LogP contribution in [0.3, 0.4) is 0 Å². The average molecular weight is 252 g/mol. The molecule has 2 aromatic carbocycles. The Balaban J connectivity index is 1.89. The molecule has 4 heteroatoms. The van der Waals surface area contributed by atoms with E-state index < -0.39 is 0 Å². The first-order valence-corrected chi connectivity index (χ1v) is 5.99. The lowest BCUT2D eigenvalue weighted by molar-refractivity contribution is 0.300. The predicted octanol–water partition coefficient (Wildman–Crippen LogP) is 2.50. The van der Waals surface area contributed by atoms with Gasteiger partial charge >= 0.3 is 0 Å². The Morgan fingerprint density at radius 2 is 1.74 bits per heavy atom. The van der Waals surface area contributed by atoms with Gasteiger partial charge in [-0.25, -0.2) is 4.98 Å². The van der Waals surface area contributed by atoms with E-state index in [1.54, 1.807) is 0 Å². The van der Waals surface area contributed by atoms with Crippen molar-refractivity contribution in [2.75, 3.05) is 0 Å². The van der Waals surface area contributed by atoms with Crippen LogP contribution >= 0.6 is 0 Å². The fourth-order valence-corrected chi connectivity index (χ4v) is 1.83. The van der Waals surface area contributed by atoms with Crippen LogP contribution in [0.1, 0.15) is 5.69 Å². The smallest absolute Gasteiger partial charge is 0.273 e. The zero-order chi connectivity index (χ0) is 13.1. The van der Waals surface area contributed by atoms with Gasteiger partial charge in [0.05, 0.1) is 11.0 Å². The second kappa shape index (κ2) is 4.94. The summed E-state index contributed by atoms with van der Waals surface area (Å²) >= 11 is 0. The lowest BCUT2D eigenvalue weighted by Gasteiger charge is -2.05. The Hall–Kier alpha value is -2.62. The third kappa shape index (κ3) is 2.47. The number of nitrogens with one attached hydrogen (secondary N) is 1. The van der Waals surface area contributed by atoms with Crippen LogP contribution in [0.4, 0.5) is 0 Å². The Morgan fingerprint density at radius 1 is 1.00 bits per heavy atom. The maximum atomic E-state index is 11.9. The normalized spacial score (nSPS) is 10.5. The first-order chi connectivity index (χ1) is 9.33. The maximum absolute atomic E-state index is 11.9. The lowest BCUT2D eigenvalue weighted by atomic mass is 10.3. The summed E-state index contributed by atoms with van der Waals surface area (Å²) in [6.45, 7) is 0.157. The third-order valence-electron chi connectivity index (χ3n) is 2.79. The molecule has 19 heavy (non-hydrogen) atoms. The molecule has 0 aliphatic carbocycles. The van der Waals surface area contributed by atoms with Crippen molar-refractivity contribution in [3.63, 3.8) is 0 Å². The molecule has 3 rings (SSSR count). The summed E-state index contributed by atoms with van der Waals surface area (Å²) in [6.07, 6.45) is 0. The summed E-state index contributed by atoms with van der Waals surface area (Å²) in [5.74, 6) is 0.719. The Kier molecular flexibility index (Phi) is 2.98. The number of benzene rings is 2. The third-order valence-corrected chi connectivity index (χ3v) is 2.79. The Labute approximate surface area is 109 Å². The number of hydrogen-bond donors (Lipinski definition) is 1. The summed E-state index contributed by atoms with van der Waals surface area (Å²) in [5, 5.41) is 0. The molecule has 0 fully saturated rings. The minimum atomic E-state index is -0.213. The largest absolute Gasteiger partial charge is 0.487 e. The molecule has 0 aliphatic rings. The number of ether oxygens (including phenoxy) is 1. The van der Waals surface area contributed by atoms with Crippen LogP contribution in [0.5, 0.6) is 5.75 Å². The highest BCUT2D eigenvalue weighted by Gasteiger charge is 2.05. The van der Waals surface area contributed by atoms with Crippen LogP contribution in [0, 0.1) is 0 Å². The standard InChI is InChI=1S/C15H12N2O2/c18-15-14(10-19-11-6-2-1-3-7-11)16-12-8-4-5-9-13(12)17-15/h1-9H,10H2,(H,17,18). The second-order valence-electron chi connectivity index (χ2n) is 4.13. The van der Waals surface area contributed by atoms with E-state index in [1.807, 2.05) is 54.6 Å². The van der Waals surface area contributed by atoms with Crippen LogP contribution in [0.25, 0.3) is 11.0 Å². The topological polar surface area (TPSA) is 55.0 Å². The molecule has 0 saturated heterocycles. The van der Waals surface area contributed by atoms with Crippen LogP contribution in [0.2, 0.25) is 0 Å². The molecule has 3 aromatic rings. The molecule has 0 bridgehead atoms. The molecule has 1 aromatic heterocycles. The van der Waals surface area contributed by atoms with Gasteiger partial charge in [0, 0.05) is 0 Å². The highest BCUT2D eigenvalue weighted by atomic mass is 16.5. The van der Waals surface area contributed by atoms with Gasteiger partial charge in [-0.05, 0) is 24.3 Å².